The van der Waals surface area contributed by atoms with Gasteiger partial charge in [-0.1, -0.05) is 10.4 Å². The Balaban J connectivity index is 1.43. The Kier molecular flexibility index (Phi) is 4.47. The maximum Gasteiger partial charge on any atom is 0.284 e. The van der Waals surface area contributed by atoms with Gasteiger partial charge in [-0.05, 0) is 48.5 Å². The van der Waals surface area contributed by atoms with Crippen LogP contribution < -0.4 is 10.3 Å². The lowest BCUT2D eigenvalue weighted by molar-refractivity contribution is 0.369. The monoisotopic (exact) mass is 419 g/mol. The summed E-state index contributed by atoms with van der Waals surface area (Å²) in [6.45, 7) is 0.0222. The van der Waals surface area contributed by atoms with Gasteiger partial charge in [0.25, 0.3) is 5.56 Å². The molecule has 31 heavy (non-hydrogen) atoms. The topological polar surface area (TPSA) is 114 Å². The molecule has 5 aromatic rings. The highest BCUT2D eigenvalue weighted by atomic mass is 19.1. The number of benzene rings is 2. The molecule has 0 bridgehead atoms. The number of hydrogen-bond acceptors (Lipinski definition) is 8. The maximum absolute atomic E-state index is 13.2. The number of halogens is 1. The zero-order chi connectivity index (χ0) is 21.4. The number of aromatic nitrogens is 7. The highest BCUT2D eigenvalue weighted by Crippen LogP contribution is 2.20. The van der Waals surface area contributed by atoms with Crippen molar-refractivity contribution in [2.45, 2.75) is 6.54 Å². The Morgan fingerprint density at radius 1 is 1.10 bits per heavy atom. The van der Waals surface area contributed by atoms with Crippen molar-refractivity contribution in [3.63, 3.8) is 0 Å². The first-order chi connectivity index (χ1) is 15.1. The van der Waals surface area contributed by atoms with Crippen molar-refractivity contribution in [2.75, 3.05) is 7.11 Å². The van der Waals surface area contributed by atoms with E-state index in [0.29, 0.717) is 17.3 Å². The summed E-state index contributed by atoms with van der Waals surface area (Å²) < 4.78 is 26.3. The third-order valence-electron chi connectivity index (χ3n) is 4.62. The number of ether oxygens (including phenoxy) is 1. The van der Waals surface area contributed by atoms with Gasteiger partial charge in [0.15, 0.2) is 11.2 Å². The van der Waals surface area contributed by atoms with Crippen LogP contribution in [-0.4, -0.2) is 41.8 Å². The quantitative estimate of drug-likeness (QED) is 0.426. The minimum atomic E-state index is -0.414. The van der Waals surface area contributed by atoms with Crippen LogP contribution in [0.15, 0.2) is 64.2 Å². The van der Waals surface area contributed by atoms with Crippen LogP contribution in [-0.2, 0) is 6.54 Å². The summed E-state index contributed by atoms with van der Waals surface area (Å²) in [6.07, 6.45) is 1.35. The molecule has 11 heteroatoms. The predicted octanol–water partition coefficient (Wildman–Crippen LogP) is 2.22. The number of hydrogen-bond donors (Lipinski definition) is 0. The Bertz CT molecular complexity index is 1420. The van der Waals surface area contributed by atoms with Crippen molar-refractivity contribution in [3.05, 3.63) is 76.9 Å². The fourth-order valence-corrected chi connectivity index (χ4v) is 3.03. The standard InChI is InChI=1S/C20H14FN7O3/c1-30-15-8-2-12(3-9-15)18-23-16(31-25-18)10-27-11-22-19-17(20(27)29)24-26-28(19)14-6-4-13(21)5-7-14/h2-9,11H,10H2,1H3. The average molecular weight is 419 g/mol. The van der Waals surface area contributed by atoms with Gasteiger partial charge in [-0.2, -0.15) is 9.67 Å². The van der Waals surface area contributed by atoms with E-state index in [1.807, 2.05) is 0 Å². The molecule has 0 aliphatic carbocycles. The first kappa shape index (κ1) is 18.6. The van der Waals surface area contributed by atoms with E-state index in [-0.39, 0.29) is 29.4 Å². The van der Waals surface area contributed by atoms with Crippen molar-refractivity contribution >= 4 is 11.2 Å². The second-order valence-electron chi connectivity index (χ2n) is 6.57. The van der Waals surface area contributed by atoms with E-state index in [0.717, 1.165) is 5.56 Å². The molecule has 0 radical (unpaired) electrons. The summed E-state index contributed by atoms with van der Waals surface area (Å²) >= 11 is 0. The van der Waals surface area contributed by atoms with E-state index in [2.05, 4.69) is 25.4 Å². The fraction of sp³-hybridized carbons (Fsp3) is 0.100. The SMILES string of the molecule is COc1ccc(-c2noc(Cn3cnc4c(nnn4-c4ccc(F)cc4)c3=O)n2)cc1. The van der Waals surface area contributed by atoms with Gasteiger partial charge in [0.1, 0.15) is 24.4 Å². The van der Waals surface area contributed by atoms with Crippen LogP contribution in [0.2, 0.25) is 0 Å². The van der Waals surface area contributed by atoms with Crippen molar-refractivity contribution in [1.29, 1.82) is 0 Å². The molecule has 0 atom stereocenters. The van der Waals surface area contributed by atoms with E-state index < -0.39 is 5.56 Å². The lowest BCUT2D eigenvalue weighted by atomic mass is 10.2. The predicted molar refractivity (Wildman–Crippen MR) is 106 cm³/mol. The Hall–Kier alpha value is -4.41. The first-order valence-electron chi connectivity index (χ1n) is 9.16. The normalized spacial score (nSPS) is 11.2. The molecule has 154 valence electrons. The van der Waals surface area contributed by atoms with Gasteiger partial charge in [-0.3, -0.25) is 9.36 Å². The first-order valence-corrected chi connectivity index (χ1v) is 9.16. The number of rotatable bonds is 5. The molecule has 0 saturated heterocycles. The summed E-state index contributed by atoms with van der Waals surface area (Å²) in [7, 11) is 1.59. The molecule has 0 spiro atoms. The Morgan fingerprint density at radius 2 is 1.87 bits per heavy atom. The Morgan fingerprint density at radius 3 is 2.61 bits per heavy atom. The lowest BCUT2D eigenvalue weighted by Gasteiger charge is -2.03. The molecule has 0 N–H and O–H groups in total. The minimum Gasteiger partial charge on any atom is -0.497 e. The molecule has 2 aromatic carbocycles. The molecule has 0 unspecified atom stereocenters. The van der Waals surface area contributed by atoms with Crippen LogP contribution in [0.1, 0.15) is 5.89 Å². The van der Waals surface area contributed by atoms with Crippen molar-refractivity contribution in [2.24, 2.45) is 0 Å². The third kappa shape index (κ3) is 3.41. The van der Waals surface area contributed by atoms with Crippen LogP contribution in [0.5, 0.6) is 5.75 Å². The van der Waals surface area contributed by atoms with Gasteiger partial charge in [0.2, 0.25) is 11.7 Å². The van der Waals surface area contributed by atoms with Crippen molar-refractivity contribution in [1.82, 2.24) is 34.7 Å². The molecule has 3 aromatic heterocycles. The number of methoxy groups -OCH3 is 1. The van der Waals surface area contributed by atoms with Gasteiger partial charge in [0, 0.05) is 5.56 Å². The molecule has 10 nitrogen and oxygen atoms in total. The molecule has 5 rings (SSSR count). The van der Waals surface area contributed by atoms with Crippen LogP contribution >= 0.6 is 0 Å². The third-order valence-corrected chi connectivity index (χ3v) is 4.62. The summed E-state index contributed by atoms with van der Waals surface area (Å²) in [6, 6.07) is 12.8. The van der Waals surface area contributed by atoms with Gasteiger partial charge in [0.05, 0.1) is 12.8 Å². The Labute approximate surface area is 173 Å². The van der Waals surface area contributed by atoms with E-state index in [1.165, 1.54) is 39.8 Å². The summed E-state index contributed by atoms with van der Waals surface area (Å²) in [5, 5.41) is 11.9. The molecule has 0 amide bonds. The zero-order valence-electron chi connectivity index (χ0n) is 16.1. The number of nitrogens with zero attached hydrogens (tertiary/aromatic N) is 7. The smallest absolute Gasteiger partial charge is 0.284 e. The van der Waals surface area contributed by atoms with Gasteiger partial charge in [-0.25, -0.2) is 9.37 Å². The van der Waals surface area contributed by atoms with E-state index in [9.17, 15) is 9.18 Å². The molecule has 0 aliphatic heterocycles. The second kappa shape index (κ2) is 7.44. The summed E-state index contributed by atoms with van der Waals surface area (Å²) in [5.74, 6) is 0.964. The molecule has 3 heterocycles. The molecule has 0 fully saturated rings. The van der Waals surface area contributed by atoms with Crippen LogP contribution in [0.3, 0.4) is 0 Å². The second-order valence-corrected chi connectivity index (χ2v) is 6.57. The molecule has 0 saturated carbocycles. The summed E-state index contributed by atoms with van der Waals surface area (Å²) in [5.41, 5.74) is 1.20. The van der Waals surface area contributed by atoms with Crippen molar-refractivity contribution < 1.29 is 13.7 Å². The van der Waals surface area contributed by atoms with E-state index in [4.69, 9.17) is 9.26 Å². The summed E-state index contributed by atoms with van der Waals surface area (Å²) in [4.78, 5) is 21.4. The highest BCUT2D eigenvalue weighted by Gasteiger charge is 2.16. The lowest BCUT2D eigenvalue weighted by Crippen LogP contribution is -2.21. The van der Waals surface area contributed by atoms with Gasteiger partial charge in [-0.15, -0.1) is 5.10 Å². The average Bonchev–Trinajstić information content (AvgIpc) is 3.44. The van der Waals surface area contributed by atoms with Gasteiger partial charge < -0.3 is 9.26 Å². The molecular weight excluding hydrogens is 405 g/mol. The van der Waals surface area contributed by atoms with Crippen LogP contribution in [0.25, 0.3) is 28.2 Å². The van der Waals surface area contributed by atoms with Crippen molar-refractivity contribution in [3.8, 4) is 22.8 Å². The van der Waals surface area contributed by atoms with Gasteiger partial charge >= 0.3 is 0 Å². The highest BCUT2D eigenvalue weighted by molar-refractivity contribution is 5.70. The molecular formula is C20H14FN7O3. The largest absolute Gasteiger partial charge is 0.497 e. The zero-order valence-corrected chi connectivity index (χ0v) is 16.1. The number of fused-ring (bicyclic) bond motifs is 1. The van der Waals surface area contributed by atoms with E-state index in [1.54, 1.807) is 31.4 Å². The fourth-order valence-electron chi connectivity index (χ4n) is 3.03. The van der Waals surface area contributed by atoms with Crippen LogP contribution in [0, 0.1) is 5.82 Å². The van der Waals surface area contributed by atoms with E-state index >= 15 is 0 Å². The maximum atomic E-state index is 13.2. The molecule has 0 aliphatic rings. The van der Waals surface area contributed by atoms with Crippen LogP contribution in [0.4, 0.5) is 4.39 Å². The minimum absolute atomic E-state index is 0.0222.